The quantitative estimate of drug-likeness (QED) is 0.336. The molecule has 35 heavy (non-hydrogen) atoms. The number of methoxy groups -OCH3 is 1. The van der Waals surface area contributed by atoms with Crippen LogP contribution in [-0.2, 0) is 4.74 Å². The molecule has 0 bridgehead atoms. The molecule has 10 heteroatoms. The number of carbonyl (C=O) groups excluding carboxylic acids is 2. The van der Waals surface area contributed by atoms with E-state index in [1.165, 1.54) is 37.6 Å². The monoisotopic (exact) mass is 472 g/mol. The number of rotatable bonds is 5. The van der Waals surface area contributed by atoms with Crippen LogP contribution in [0.3, 0.4) is 0 Å². The largest absolute Gasteiger partial charge is 0.459 e. The van der Waals surface area contributed by atoms with Gasteiger partial charge in [-0.1, -0.05) is 12.1 Å². The summed E-state index contributed by atoms with van der Waals surface area (Å²) in [6.45, 7) is 0. The fourth-order valence-electron chi connectivity index (χ4n) is 3.37. The number of nitrogens with one attached hydrogen (secondary N) is 2. The maximum atomic E-state index is 14.6. The molecule has 9 nitrogen and oxygen atoms in total. The number of halogens is 1. The number of furan rings is 1. The van der Waals surface area contributed by atoms with Crippen LogP contribution in [0.1, 0.15) is 10.6 Å². The van der Waals surface area contributed by atoms with Gasteiger partial charge >= 0.3 is 6.09 Å². The van der Waals surface area contributed by atoms with E-state index >= 15 is 0 Å². The number of pyridine rings is 1. The normalized spacial score (nSPS) is 10.8. The van der Waals surface area contributed by atoms with Crippen LogP contribution in [0.2, 0.25) is 0 Å². The molecule has 0 aliphatic rings. The number of hydrogen-bond donors (Lipinski definition) is 2. The van der Waals surface area contributed by atoms with Gasteiger partial charge < -0.3 is 18.9 Å². The summed E-state index contributed by atoms with van der Waals surface area (Å²) in [4.78, 5) is 32.2. The molecule has 5 rings (SSSR count). The van der Waals surface area contributed by atoms with Gasteiger partial charge in [-0.25, -0.2) is 14.2 Å². The molecule has 0 unspecified atom stereocenters. The van der Waals surface area contributed by atoms with Crippen LogP contribution in [0, 0.1) is 5.82 Å². The topological polar surface area (TPSA) is 119 Å². The molecule has 0 aliphatic carbocycles. The number of fused-ring (bicyclic) bond motifs is 1. The number of anilines is 2. The Hall–Kier alpha value is -4.99. The zero-order valence-corrected chi connectivity index (χ0v) is 18.2. The summed E-state index contributed by atoms with van der Waals surface area (Å²) in [6, 6.07) is 16.0. The number of aromatic nitrogens is 2. The van der Waals surface area contributed by atoms with Crippen molar-refractivity contribution >= 4 is 34.6 Å². The molecule has 0 saturated heterocycles. The predicted molar refractivity (Wildman–Crippen MR) is 125 cm³/mol. The van der Waals surface area contributed by atoms with Crippen molar-refractivity contribution in [2.75, 3.05) is 17.7 Å². The van der Waals surface area contributed by atoms with Gasteiger partial charge in [-0.05, 0) is 54.1 Å². The van der Waals surface area contributed by atoms with E-state index < -0.39 is 17.8 Å². The first-order valence-electron chi connectivity index (χ1n) is 10.4. The third kappa shape index (κ3) is 4.58. The lowest BCUT2D eigenvalue weighted by Gasteiger charge is -2.05. The Bertz CT molecular complexity index is 1530. The Morgan fingerprint density at radius 2 is 1.77 bits per heavy atom. The average molecular weight is 472 g/mol. The smallest absolute Gasteiger partial charge is 0.411 e. The highest BCUT2D eigenvalue weighted by Crippen LogP contribution is 2.30. The molecule has 0 spiro atoms. The third-order valence-corrected chi connectivity index (χ3v) is 5.10. The van der Waals surface area contributed by atoms with Gasteiger partial charge in [-0.3, -0.25) is 10.1 Å². The first-order chi connectivity index (χ1) is 17.0. The standard InChI is InChI=1S/C25H17FN4O5/c1-33-25(32)29-16-6-4-14(5-7-16)15-11-21-22(27-13-15)30-24(35-21)18-12-17(8-9-19(18)26)28-23(31)20-3-2-10-34-20/h2-13H,1H3,(H,28,31)(H,29,32). The summed E-state index contributed by atoms with van der Waals surface area (Å²) in [6.07, 6.45) is 2.44. The first-order valence-corrected chi connectivity index (χ1v) is 10.4. The van der Waals surface area contributed by atoms with E-state index in [0.717, 1.165) is 11.1 Å². The van der Waals surface area contributed by atoms with E-state index in [2.05, 4.69) is 25.3 Å². The van der Waals surface area contributed by atoms with Crippen LogP contribution in [0.5, 0.6) is 0 Å². The Kier molecular flexibility index (Phi) is 5.68. The van der Waals surface area contributed by atoms with Gasteiger partial charge in [-0.2, -0.15) is 4.98 Å². The number of hydrogen-bond acceptors (Lipinski definition) is 7. The van der Waals surface area contributed by atoms with Crippen LogP contribution in [0.25, 0.3) is 33.8 Å². The molecule has 0 atom stereocenters. The first kappa shape index (κ1) is 21.8. The van der Waals surface area contributed by atoms with Crippen molar-refractivity contribution in [2.24, 2.45) is 0 Å². The van der Waals surface area contributed by atoms with Crippen molar-refractivity contribution in [3.05, 3.63) is 84.7 Å². The van der Waals surface area contributed by atoms with Gasteiger partial charge in [0.1, 0.15) is 5.82 Å². The molecular formula is C25H17FN4O5. The molecule has 0 aliphatic heterocycles. The van der Waals surface area contributed by atoms with Crippen LogP contribution in [-0.4, -0.2) is 29.1 Å². The van der Waals surface area contributed by atoms with Gasteiger partial charge in [0.2, 0.25) is 5.89 Å². The fraction of sp³-hybridized carbons (Fsp3) is 0.0400. The molecule has 0 radical (unpaired) electrons. The number of benzene rings is 2. The van der Waals surface area contributed by atoms with E-state index in [9.17, 15) is 14.0 Å². The Morgan fingerprint density at radius 1 is 0.971 bits per heavy atom. The molecule has 2 N–H and O–H groups in total. The van der Waals surface area contributed by atoms with Crippen LogP contribution in [0.4, 0.5) is 20.6 Å². The zero-order valence-electron chi connectivity index (χ0n) is 18.2. The molecule has 3 aromatic heterocycles. The highest BCUT2D eigenvalue weighted by molar-refractivity contribution is 6.02. The number of nitrogens with zero attached hydrogens (tertiary/aromatic N) is 2. The van der Waals surface area contributed by atoms with Crippen molar-refractivity contribution < 1.29 is 27.6 Å². The lowest BCUT2D eigenvalue weighted by atomic mass is 10.1. The Morgan fingerprint density at radius 3 is 2.51 bits per heavy atom. The molecule has 5 aromatic rings. The second-order valence-electron chi connectivity index (χ2n) is 7.38. The number of ether oxygens (including phenoxy) is 1. The summed E-state index contributed by atoms with van der Waals surface area (Å²) in [5.41, 5.74) is 3.22. The third-order valence-electron chi connectivity index (χ3n) is 5.10. The molecule has 3 heterocycles. The van der Waals surface area contributed by atoms with Gasteiger partial charge in [0.15, 0.2) is 17.0 Å². The second kappa shape index (κ2) is 9.10. The summed E-state index contributed by atoms with van der Waals surface area (Å²) in [5, 5.41) is 5.23. The Balaban J connectivity index is 1.41. The Labute approximate surface area is 197 Å². The van der Waals surface area contributed by atoms with E-state index in [1.54, 1.807) is 42.6 Å². The van der Waals surface area contributed by atoms with Gasteiger partial charge in [0.25, 0.3) is 5.91 Å². The zero-order chi connectivity index (χ0) is 24.4. The van der Waals surface area contributed by atoms with Gasteiger partial charge in [0, 0.05) is 23.1 Å². The SMILES string of the molecule is COC(=O)Nc1ccc(-c2cnc3nc(-c4cc(NC(=O)c5ccco5)ccc4F)oc3c2)cc1. The van der Waals surface area contributed by atoms with E-state index in [0.29, 0.717) is 22.6 Å². The van der Waals surface area contributed by atoms with Crippen LogP contribution >= 0.6 is 0 Å². The number of carbonyl (C=O) groups is 2. The van der Waals surface area contributed by atoms with Crippen LogP contribution < -0.4 is 10.6 Å². The van der Waals surface area contributed by atoms with Crippen molar-refractivity contribution in [2.45, 2.75) is 0 Å². The summed E-state index contributed by atoms with van der Waals surface area (Å²) < 4.78 is 30.1. The van der Waals surface area contributed by atoms with Crippen LogP contribution in [0.15, 0.2) is 82.0 Å². The number of amides is 2. The molecule has 0 fully saturated rings. The van der Waals surface area contributed by atoms with Crippen molar-refractivity contribution in [1.82, 2.24) is 9.97 Å². The molecule has 2 amide bonds. The molecule has 0 saturated carbocycles. The average Bonchev–Trinajstić information content (AvgIpc) is 3.55. The summed E-state index contributed by atoms with van der Waals surface area (Å²) >= 11 is 0. The maximum absolute atomic E-state index is 14.6. The van der Waals surface area contributed by atoms with E-state index in [-0.39, 0.29) is 17.2 Å². The minimum atomic E-state index is -0.568. The summed E-state index contributed by atoms with van der Waals surface area (Å²) in [7, 11) is 1.29. The fourth-order valence-corrected chi connectivity index (χ4v) is 3.37. The van der Waals surface area contributed by atoms with Gasteiger partial charge in [-0.15, -0.1) is 0 Å². The van der Waals surface area contributed by atoms with Crippen molar-refractivity contribution in [3.63, 3.8) is 0 Å². The minimum absolute atomic E-state index is 0.0221. The molecular weight excluding hydrogens is 455 g/mol. The van der Waals surface area contributed by atoms with E-state index in [4.69, 9.17) is 8.83 Å². The lowest BCUT2D eigenvalue weighted by Crippen LogP contribution is -2.10. The van der Waals surface area contributed by atoms with E-state index in [1.807, 2.05) is 0 Å². The molecule has 174 valence electrons. The minimum Gasteiger partial charge on any atom is -0.459 e. The second-order valence-corrected chi connectivity index (χ2v) is 7.38. The van der Waals surface area contributed by atoms with Crippen molar-refractivity contribution in [3.8, 4) is 22.6 Å². The molecule has 2 aromatic carbocycles. The lowest BCUT2D eigenvalue weighted by molar-refractivity contribution is 0.0996. The number of oxazole rings is 1. The highest BCUT2D eigenvalue weighted by atomic mass is 19.1. The maximum Gasteiger partial charge on any atom is 0.411 e. The predicted octanol–water partition coefficient (Wildman–Crippen LogP) is 5.72. The van der Waals surface area contributed by atoms with Gasteiger partial charge in [0.05, 0.1) is 18.9 Å². The highest BCUT2D eigenvalue weighted by Gasteiger charge is 2.17. The van der Waals surface area contributed by atoms with Crippen molar-refractivity contribution in [1.29, 1.82) is 0 Å². The summed E-state index contributed by atoms with van der Waals surface area (Å²) in [5.74, 6) is -0.886.